The Kier molecular flexibility index (Phi) is 4.17. The van der Waals surface area contributed by atoms with Gasteiger partial charge in [-0.05, 0) is 18.8 Å². The molecule has 0 saturated heterocycles. The van der Waals surface area contributed by atoms with Crippen molar-refractivity contribution in [2.24, 2.45) is 11.8 Å². The average Bonchev–Trinajstić information content (AvgIpc) is 2.13. The molecule has 2 atom stereocenters. The SMILES string of the molecule is CC1CCCC(C(=O)CCC(F)(F)F)C1. The van der Waals surface area contributed by atoms with Crippen LogP contribution in [0.15, 0.2) is 0 Å². The van der Waals surface area contributed by atoms with Crippen LogP contribution in [-0.2, 0) is 4.79 Å². The highest BCUT2D eigenvalue weighted by molar-refractivity contribution is 5.81. The highest BCUT2D eigenvalue weighted by atomic mass is 19.4. The quantitative estimate of drug-likeness (QED) is 0.711. The fraction of sp³-hybridized carbons (Fsp3) is 0.909. The highest BCUT2D eigenvalue weighted by Crippen LogP contribution is 2.31. The first-order valence-corrected chi connectivity index (χ1v) is 5.48. The van der Waals surface area contributed by atoms with E-state index >= 15 is 0 Å². The molecule has 88 valence electrons. The second kappa shape index (κ2) is 4.99. The summed E-state index contributed by atoms with van der Waals surface area (Å²) in [7, 11) is 0. The first-order chi connectivity index (χ1) is 6.88. The van der Waals surface area contributed by atoms with E-state index in [9.17, 15) is 18.0 Å². The fourth-order valence-electron chi connectivity index (χ4n) is 2.20. The van der Waals surface area contributed by atoms with Gasteiger partial charge in [-0.1, -0.05) is 19.8 Å². The van der Waals surface area contributed by atoms with Gasteiger partial charge in [0.15, 0.2) is 0 Å². The van der Waals surface area contributed by atoms with Crippen molar-refractivity contribution in [2.45, 2.75) is 51.6 Å². The van der Waals surface area contributed by atoms with Crippen LogP contribution in [0, 0.1) is 11.8 Å². The van der Waals surface area contributed by atoms with Gasteiger partial charge in [-0.15, -0.1) is 0 Å². The van der Waals surface area contributed by atoms with Gasteiger partial charge in [-0.25, -0.2) is 0 Å². The molecule has 15 heavy (non-hydrogen) atoms. The summed E-state index contributed by atoms with van der Waals surface area (Å²) in [5, 5.41) is 0. The minimum Gasteiger partial charge on any atom is -0.299 e. The molecule has 2 unspecified atom stereocenters. The first kappa shape index (κ1) is 12.5. The standard InChI is InChI=1S/C11H17F3O/c1-8-3-2-4-9(7-8)10(15)5-6-11(12,13)14/h8-9H,2-7H2,1H3. The molecular weight excluding hydrogens is 205 g/mol. The Hall–Kier alpha value is -0.540. The van der Waals surface area contributed by atoms with Crippen LogP contribution < -0.4 is 0 Å². The van der Waals surface area contributed by atoms with E-state index in [1.807, 2.05) is 0 Å². The molecule has 0 N–H and O–H groups in total. The maximum absolute atomic E-state index is 11.9. The van der Waals surface area contributed by atoms with Crippen LogP contribution in [0.1, 0.15) is 45.4 Å². The topological polar surface area (TPSA) is 17.1 Å². The van der Waals surface area contributed by atoms with Gasteiger partial charge >= 0.3 is 6.18 Å². The lowest BCUT2D eigenvalue weighted by molar-refractivity contribution is -0.145. The van der Waals surface area contributed by atoms with Crippen LogP contribution in [0.5, 0.6) is 0 Å². The fourth-order valence-corrected chi connectivity index (χ4v) is 2.20. The van der Waals surface area contributed by atoms with Crippen molar-refractivity contribution >= 4 is 5.78 Å². The summed E-state index contributed by atoms with van der Waals surface area (Å²) in [5.74, 6) is 0.175. The summed E-state index contributed by atoms with van der Waals surface area (Å²) in [6, 6.07) is 0. The second-order valence-electron chi connectivity index (χ2n) is 4.55. The molecule has 0 aromatic rings. The number of rotatable bonds is 3. The van der Waals surface area contributed by atoms with Gasteiger partial charge in [0, 0.05) is 12.3 Å². The summed E-state index contributed by atoms with van der Waals surface area (Å²) in [4.78, 5) is 11.5. The van der Waals surface area contributed by atoms with Gasteiger partial charge in [-0.2, -0.15) is 13.2 Å². The van der Waals surface area contributed by atoms with Crippen LogP contribution in [0.2, 0.25) is 0 Å². The zero-order valence-corrected chi connectivity index (χ0v) is 8.94. The molecule has 0 aliphatic heterocycles. The molecule has 0 radical (unpaired) electrons. The molecule has 1 aliphatic rings. The summed E-state index contributed by atoms with van der Waals surface area (Å²) in [6.45, 7) is 2.06. The summed E-state index contributed by atoms with van der Waals surface area (Å²) in [5.41, 5.74) is 0. The predicted octanol–water partition coefficient (Wildman–Crippen LogP) is 3.72. The van der Waals surface area contributed by atoms with Crippen LogP contribution in [0.25, 0.3) is 0 Å². The normalized spacial score (nSPS) is 27.7. The number of halogens is 3. The Morgan fingerprint density at radius 2 is 2.00 bits per heavy atom. The molecular formula is C11H17F3O. The first-order valence-electron chi connectivity index (χ1n) is 5.48. The monoisotopic (exact) mass is 222 g/mol. The third-order valence-electron chi connectivity index (χ3n) is 3.05. The van der Waals surface area contributed by atoms with Crippen LogP contribution in [0.4, 0.5) is 13.2 Å². The number of Topliss-reactive ketones (excluding diaryl/α,β-unsaturated/α-hetero) is 1. The zero-order chi connectivity index (χ0) is 11.5. The number of hydrogen-bond donors (Lipinski definition) is 0. The summed E-state index contributed by atoms with van der Waals surface area (Å²) in [6.07, 6.45) is -1.86. The Bertz CT molecular complexity index is 222. The van der Waals surface area contributed by atoms with Crippen molar-refractivity contribution in [2.75, 3.05) is 0 Å². The molecule has 1 saturated carbocycles. The molecule has 0 bridgehead atoms. The van der Waals surface area contributed by atoms with E-state index in [1.165, 1.54) is 0 Å². The van der Waals surface area contributed by atoms with Crippen molar-refractivity contribution in [3.63, 3.8) is 0 Å². The molecule has 4 heteroatoms. The molecule has 0 spiro atoms. The van der Waals surface area contributed by atoms with Gasteiger partial charge in [-0.3, -0.25) is 4.79 Å². The van der Waals surface area contributed by atoms with Crippen molar-refractivity contribution < 1.29 is 18.0 Å². The van der Waals surface area contributed by atoms with Crippen molar-refractivity contribution in [3.05, 3.63) is 0 Å². The maximum Gasteiger partial charge on any atom is 0.389 e. The average molecular weight is 222 g/mol. The number of carbonyl (C=O) groups excluding carboxylic acids is 1. The Morgan fingerprint density at radius 3 is 2.53 bits per heavy atom. The molecule has 0 heterocycles. The molecule has 1 rings (SSSR count). The largest absolute Gasteiger partial charge is 0.389 e. The Morgan fingerprint density at radius 1 is 1.33 bits per heavy atom. The zero-order valence-electron chi connectivity index (χ0n) is 8.94. The molecule has 1 nitrogen and oxygen atoms in total. The second-order valence-corrected chi connectivity index (χ2v) is 4.55. The number of carbonyl (C=O) groups is 1. The third kappa shape index (κ3) is 4.67. The molecule has 0 aromatic carbocycles. The number of ketones is 1. The van der Waals surface area contributed by atoms with Crippen LogP contribution in [-0.4, -0.2) is 12.0 Å². The minimum absolute atomic E-state index is 0.115. The molecule has 0 aromatic heterocycles. The van der Waals surface area contributed by atoms with Gasteiger partial charge in [0.2, 0.25) is 0 Å². The minimum atomic E-state index is -4.20. The molecule has 0 amide bonds. The third-order valence-corrected chi connectivity index (χ3v) is 3.05. The maximum atomic E-state index is 11.9. The van der Waals surface area contributed by atoms with Crippen LogP contribution >= 0.6 is 0 Å². The lowest BCUT2D eigenvalue weighted by atomic mass is 9.79. The van der Waals surface area contributed by atoms with E-state index < -0.39 is 12.6 Å². The van der Waals surface area contributed by atoms with Gasteiger partial charge < -0.3 is 0 Å². The van der Waals surface area contributed by atoms with Gasteiger partial charge in [0.05, 0.1) is 6.42 Å². The van der Waals surface area contributed by atoms with Crippen molar-refractivity contribution in [1.82, 2.24) is 0 Å². The van der Waals surface area contributed by atoms with Gasteiger partial charge in [0.1, 0.15) is 5.78 Å². The van der Waals surface area contributed by atoms with Gasteiger partial charge in [0.25, 0.3) is 0 Å². The van der Waals surface area contributed by atoms with Crippen molar-refractivity contribution in [3.8, 4) is 0 Å². The highest BCUT2D eigenvalue weighted by Gasteiger charge is 2.31. The van der Waals surface area contributed by atoms with Crippen molar-refractivity contribution in [1.29, 1.82) is 0 Å². The van der Waals surface area contributed by atoms with E-state index in [2.05, 4.69) is 6.92 Å². The molecule has 1 fully saturated rings. The van der Waals surface area contributed by atoms with E-state index in [-0.39, 0.29) is 18.1 Å². The Balaban J connectivity index is 2.33. The Labute approximate surface area is 88.0 Å². The lowest BCUT2D eigenvalue weighted by Gasteiger charge is -2.25. The smallest absolute Gasteiger partial charge is 0.299 e. The van der Waals surface area contributed by atoms with E-state index in [1.54, 1.807) is 0 Å². The predicted molar refractivity (Wildman–Crippen MR) is 51.4 cm³/mol. The van der Waals surface area contributed by atoms with Crippen LogP contribution in [0.3, 0.4) is 0 Å². The number of hydrogen-bond acceptors (Lipinski definition) is 1. The van der Waals surface area contributed by atoms with E-state index in [0.29, 0.717) is 5.92 Å². The number of alkyl halides is 3. The summed E-state index contributed by atoms with van der Waals surface area (Å²) < 4.78 is 35.7. The van der Waals surface area contributed by atoms with E-state index in [0.717, 1.165) is 25.7 Å². The van der Waals surface area contributed by atoms with E-state index in [4.69, 9.17) is 0 Å². The molecule has 1 aliphatic carbocycles. The lowest BCUT2D eigenvalue weighted by Crippen LogP contribution is -2.23. The summed E-state index contributed by atoms with van der Waals surface area (Å²) >= 11 is 0.